The Balaban J connectivity index is 1.62. The van der Waals surface area contributed by atoms with E-state index in [0.717, 1.165) is 5.56 Å². The van der Waals surface area contributed by atoms with Gasteiger partial charge in [0.1, 0.15) is 23.2 Å². The van der Waals surface area contributed by atoms with Crippen molar-refractivity contribution in [2.24, 2.45) is 0 Å². The third-order valence-corrected chi connectivity index (χ3v) is 5.42. The summed E-state index contributed by atoms with van der Waals surface area (Å²) in [7, 11) is -3.67. The van der Waals surface area contributed by atoms with Crippen molar-refractivity contribution in [2.45, 2.75) is 18.0 Å². The van der Waals surface area contributed by atoms with Crippen LogP contribution < -0.4 is 10.0 Å². The monoisotopic (exact) mass is 422 g/mol. The van der Waals surface area contributed by atoms with Crippen molar-refractivity contribution in [3.63, 3.8) is 0 Å². The molecule has 0 atom stereocenters. The van der Waals surface area contributed by atoms with E-state index in [4.69, 9.17) is 4.42 Å². The summed E-state index contributed by atoms with van der Waals surface area (Å²) in [6, 6.07) is 16.5. The highest BCUT2D eigenvalue weighted by Gasteiger charge is 2.14. The second-order valence-electron chi connectivity index (χ2n) is 6.16. The number of rotatable bonds is 8. The first-order valence-electron chi connectivity index (χ1n) is 8.90. The summed E-state index contributed by atoms with van der Waals surface area (Å²) in [4.78, 5) is 16.3. The lowest BCUT2D eigenvalue weighted by Gasteiger charge is -2.05. The molecule has 0 saturated heterocycles. The van der Waals surface area contributed by atoms with E-state index >= 15 is 0 Å². The number of pyridine rings is 1. The van der Waals surface area contributed by atoms with E-state index < -0.39 is 15.9 Å². The minimum absolute atomic E-state index is 0.0693. The maximum atomic E-state index is 12.2. The van der Waals surface area contributed by atoms with Crippen LogP contribution in [0.25, 0.3) is 6.08 Å². The number of nitrogens with zero attached hydrogens (tertiary/aromatic N) is 2. The largest absolute Gasteiger partial charge is 0.460 e. The predicted molar refractivity (Wildman–Crippen MR) is 109 cm³/mol. The molecule has 0 spiro atoms. The Bertz CT molecular complexity index is 1180. The number of amides is 1. The Kier molecular flexibility index (Phi) is 6.75. The van der Waals surface area contributed by atoms with Crippen LogP contribution in [0.15, 0.2) is 81.9 Å². The molecule has 0 saturated carbocycles. The van der Waals surface area contributed by atoms with Crippen LogP contribution in [0.1, 0.15) is 17.1 Å². The van der Waals surface area contributed by atoms with Crippen LogP contribution in [0.2, 0.25) is 0 Å². The summed E-state index contributed by atoms with van der Waals surface area (Å²) in [5.41, 5.74) is 0.666. The van der Waals surface area contributed by atoms with E-state index in [1.807, 2.05) is 6.07 Å². The van der Waals surface area contributed by atoms with Crippen molar-refractivity contribution in [3.8, 4) is 6.07 Å². The number of hydrogen-bond acceptors (Lipinski definition) is 6. The second-order valence-corrected chi connectivity index (χ2v) is 7.92. The molecule has 2 heterocycles. The molecule has 152 valence electrons. The van der Waals surface area contributed by atoms with Crippen LogP contribution in [0.5, 0.6) is 0 Å². The molecule has 3 aromatic rings. The highest BCUT2D eigenvalue weighted by atomic mass is 32.2. The number of hydrogen-bond donors (Lipinski definition) is 2. The molecule has 9 heteroatoms. The van der Waals surface area contributed by atoms with Crippen LogP contribution in [0.4, 0.5) is 0 Å². The van der Waals surface area contributed by atoms with E-state index in [0.29, 0.717) is 5.76 Å². The van der Waals surface area contributed by atoms with Gasteiger partial charge in [-0.05, 0) is 35.9 Å². The normalized spacial score (nSPS) is 11.6. The van der Waals surface area contributed by atoms with E-state index in [1.165, 1.54) is 18.2 Å². The quantitative estimate of drug-likeness (QED) is 0.424. The van der Waals surface area contributed by atoms with Crippen molar-refractivity contribution < 1.29 is 17.6 Å². The molecule has 0 radical (unpaired) electrons. The zero-order chi connectivity index (χ0) is 21.4. The number of aromatic nitrogens is 1. The Labute approximate surface area is 173 Å². The number of nitriles is 1. The van der Waals surface area contributed by atoms with Crippen LogP contribution in [-0.2, 0) is 27.9 Å². The van der Waals surface area contributed by atoms with Gasteiger partial charge in [-0.15, -0.1) is 0 Å². The Morgan fingerprint density at radius 2 is 1.90 bits per heavy atom. The smallest absolute Gasteiger partial charge is 0.262 e. The summed E-state index contributed by atoms with van der Waals surface area (Å²) in [5, 5.41) is 11.9. The molecule has 0 fully saturated rings. The summed E-state index contributed by atoms with van der Waals surface area (Å²) in [6.07, 6.45) is 4.54. The van der Waals surface area contributed by atoms with Crippen LogP contribution in [0, 0.1) is 11.3 Å². The second kappa shape index (κ2) is 9.65. The van der Waals surface area contributed by atoms with Crippen molar-refractivity contribution in [3.05, 3.63) is 89.6 Å². The zero-order valence-electron chi connectivity index (χ0n) is 15.8. The molecule has 8 nitrogen and oxygen atoms in total. The number of benzene rings is 1. The predicted octanol–water partition coefficient (Wildman–Crippen LogP) is 2.38. The van der Waals surface area contributed by atoms with Gasteiger partial charge in [-0.2, -0.15) is 5.26 Å². The van der Waals surface area contributed by atoms with Gasteiger partial charge in [0.2, 0.25) is 10.0 Å². The van der Waals surface area contributed by atoms with Gasteiger partial charge < -0.3 is 9.73 Å². The van der Waals surface area contributed by atoms with Crippen molar-refractivity contribution in [2.75, 3.05) is 0 Å². The summed E-state index contributed by atoms with van der Waals surface area (Å²) < 4.78 is 32.5. The fourth-order valence-electron chi connectivity index (χ4n) is 2.49. The first-order chi connectivity index (χ1) is 14.5. The van der Waals surface area contributed by atoms with Gasteiger partial charge in [0, 0.05) is 25.0 Å². The first-order valence-corrected chi connectivity index (χ1v) is 10.4. The van der Waals surface area contributed by atoms with E-state index in [2.05, 4.69) is 15.0 Å². The molecule has 0 aliphatic rings. The fourth-order valence-corrected chi connectivity index (χ4v) is 3.50. The molecular formula is C21H18N4O4S. The highest BCUT2D eigenvalue weighted by Crippen LogP contribution is 2.14. The maximum absolute atomic E-state index is 12.2. The van der Waals surface area contributed by atoms with Gasteiger partial charge >= 0.3 is 0 Å². The maximum Gasteiger partial charge on any atom is 0.262 e. The zero-order valence-corrected chi connectivity index (χ0v) is 16.6. The van der Waals surface area contributed by atoms with Crippen LogP contribution >= 0.6 is 0 Å². The molecular weight excluding hydrogens is 404 g/mol. The molecule has 2 N–H and O–H groups in total. The Morgan fingerprint density at radius 1 is 1.10 bits per heavy atom. The van der Waals surface area contributed by atoms with E-state index in [-0.39, 0.29) is 29.3 Å². The van der Waals surface area contributed by atoms with E-state index in [9.17, 15) is 18.5 Å². The number of furan rings is 1. The number of carbonyl (C=O) groups is 1. The summed E-state index contributed by atoms with van der Waals surface area (Å²) in [5.74, 6) is 0.0508. The lowest BCUT2D eigenvalue weighted by molar-refractivity contribution is -0.117. The minimum Gasteiger partial charge on any atom is -0.460 e. The van der Waals surface area contributed by atoms with Gasteiger partial charge in [0.05, 0.1) is 11.4 Å². The number of nitrogens with one attached hydrogen (secondary N) is 2. The van der Waals surface area contributed by atoms with Gasteiger partial charge in [0.25, 0.3) is 5.91 Å². The summed E-state index contributed by atoms with van der Waals surface area (Å²) in [6.45, 7) is 0.163. The standard InChI is InChI=1S/C21H18N4O4S/c22-12-17(21(26)24-14-16-5-4-10-23-13-16)11-18-8-9-19(29-18)15-25-30(27,28)20-6-2-1-3-7-20/h1-11,13,25H,14-15H2,(H,24,26)/b17-11-. The van der Waals surface area contributed by atoms with Gasteiger partial charge in [-0.1, -0.05) is 24.3 Å². The topological polar surface area (TPSA) is 125 Å². The van der Waals surface area contributed by atoms with Gasteiger partial charge in [-0.25, -0.2) is 13.1 Å². The van der Waals surface area contributed by atoms with Crippen molar-refractivity contribution in [1.82, 2.24) is 15.0 Å². The molecule has 30 heavy (non-hydrogen) atoms. The molecule has 1 aromatic carbocycles. The Hall–Kier alpha value is -3.74. The average Bonchev–Trinajstić information content (AvgIpc) is 3.23. The molecule has 0 bridgehead atoms. The molecule has 0 unspecified atom stereocenters. The van der Waals surface area contributed by atoms with Crippen molar-refractivity contribution in [1.29, 1.82) is 5.26 Å². The lowest BCUT2D eigenvalue weighted by atomic mass is 10.2. The first kappa shape index (κ1) is 21.0. The molecule has 2 aromatic heterocycles. The molecule has 0 aliphatic carbocycles. The molecule has 1 amide bonds. The van der Waals surface area contributed by atoms with Crippen LogP contribution in [-0.4, -0.2) is 19.3 Å². The lowest BCUT2D eigenvalue weighted by Crippen LogP contribution is -2.24. The third kappa shape index (κ3) is 5.64. The third-order valence-electron chi connectivity index (χ3n) is 4.00. The number of carbonyl (C=O) groups excluding carboxylic acids is 1. The molecule has 0 aliphatic heterocycles. The summed E-state index contributed by atoms with van der Waals surface area (Å²) >= 11 is 0. The van der Waals surface area contributed by atoms with E-state index in [1.54, 1.807) is 54.9 Å². The highest BCUT2D eigenvalue weighted by molar-refractivity contribution is 7.89. The molecule has 3 rings (SSSR count). The minimum atomic E-state index is -3.67. The average molecular weight is 422 g/mol. The number of sulfonamides is 1. The van der Waals surface area contributed by atoms with Crippen molar-refractivity contribution >= 4 is 22.0 Å². The van der Waals surface area contributed by atoms with Gasteiger partial charge in [-0.3, -0.25) is 9.78 Å². The van der Waals surface area contributed by atoms with Crippen LogP contribution in [0.3, 0.4) is 0 Å². The fraction of sp³-hybridized carbons (Fsp3) is 0.0952. The van der Waals surface area contributed by atoms with Gasteiger partial charge in [0.15, 0.2) is 0 Å². The SMILES string of the molecule is N#C/C(=C/c1ccc(CNS(=O)(=O)c2ccccc2)o1)C(=O)NCc1cccnc1. The Morgan fingerprint density at radius 3 is 2.60 bits per heavy atom.